The third kappa shape index (κ3) is 2.98. The largest absolute Gasteiger partial charge is 0.325 e. The first-order valence-electron chi connectivity index (χ1n) is 8.17. The van der Waals surface area contributed by atoms with Crippen LogP contribution in [0.15, 0.2) is 18.2 Å². The third-order valence-electron chi connectivity index (χ3n) is 5.08. The van der Waals surface area contributed by atoms with E-state index in [9.17, 15) is 9.59 Å². The first kappa shape index (κ1) is 17.5. The molecule has 5 nitrogen and oxygen atoms in total. The number of rotatable bonds is 5. The van der Waals surface area contributed by atoms with E-state index in [0.29, 0.717) is 12.8 Å². The molecule has 23 heavy (non-hydrogen) atoms. The van der Waals surface area contributed by atoms with E-state index >= 15 is 0 Å². The van der Waals surface area contributed by atoms with E-state index in [4.69, 9.17) is 5.73 Å². The van der Waals surface area contributed by atoms with Crippen molar-refractivity contribution in [3.05, 3.63) is 34.9 Å². The van der Waals surface area contributed by atoms with Crippen LogP contribution in [0.4, 0.5) is 4.79 Å². The summed E-state index contributed by atoms with van der Waals surface area (Å²) in [5.41, 5.74) is 7.69. The molecule has 1 atom stereocenters. The van der Waals surface area contributed by atoms with E-state index in [0.717, 1.165) is 16.7 Å². The molecule has 1 aromatic carbocycles. The zero-order chi connectivity index (χ0) is 17.4. The van der Waals surface area contributed by atoms with Crippen molar-refractivity contribution in [1.82, 2.24) is 10.2 Å². The monoisotopic (exact) mass is 317 g/mol. The molecule has 2 rings (SSSR count). The number of imide groups is 1. The first-order valence-corrected chi connectivity index (χ1v) is 8.17. The Morgan fingerprint density at radius 1 is 1.22 bits per heavy atom. The maximum Gasteiger partial charge on any atom is 0.325 e. The minimum Gasteiger partial charge on any atom is -0.324 e. The molecule has 0 bridgehead atoms. The minimum atomic E-state index is -1.03. The van der Waals surface area contributed by atoms with Crippen LogP contribution in [0.1, 0.15) is 50.3 Å². The van der Waals surface area contributed by atoms with Gasteiger partial charge < -0.3 is 11.1 Å². The van der Waals surface area contributed by atoms with Crippen molar-refractivity contribution in [3.63, 3.8) is 0 Å². The molecule has 1 aromatic rings. The van der Waals surface area contributed by atoms with Gasteiger partial charge in [-0.05, 0) is 44.7 Å². The molecule has 0 saturated carbocycles. The smallest absolute Gasteiger partial charge is 0.324 e. The molecule has 0 spiro atoms. The fourth-order valence-corrected chi connectivity index (χ4v) is 3.19. The summed E-state index contributed by atoms with van der Waals surface area (Å²) >= 11 is 0. The van der Waals surface area contributed by atoms with Gasteiger partial charge in [0, 0.05) is 12.1 Å². The molecule has 1 saturated heterocycles. The highest BCUT2D eigenvalue weighted by atomic mass is 16.2. The summed E-state index contributed by atoms with van der Waals surface area (Å²) in [4.78, 5) is 26.6. The Bertz CT molecular complexity index is 637. The molecular weight excluding hydrogens is 290 g/mol. The van der Waals surface area contributed by atoms with Gasteiger partial charge >= 0.3 is 6.03 Å². The Labute approximate surface area is 138 Å². The minimum absolute atomic E-state index is 0.230. The molecule has 0 aliphatic carbocycles. The number of nitrogens with two attached hydrogens (primary N) is 1. The molecule has 1 heterocycles. The zero-order valence-electron chi connectivity index (χ0n) is 14.7. The van der Waals surface area contributed by atoms with Crippen molar-refractivity contribution in [2.45, 2.75) is 58.5 Å². The van der Waals surface area contributed by atoms with Gasteiger partial charge in [-0.2, -0.15) is 0 Å². The van der Waals surface area contributed by atoms with Crippen molar-refractivity contribution in [2.75, 3.05) is 6.54 Å². The average molecular weight is 317 g/mol. The standard InChI is InChI=1S/C18H27N3O2/c1-6-18(19,7-2)11-21-15(22)17(5,20-16(21)23)14-9-8-12(3)10-13(14)4/h8-10H,6-7,11,19H2,1-5H3,(H,20,23). The number of benzene rings is 1. The van der Waals surface area contributed by atoms with Crippen molar-refractivity contribution < 1.29 is 9.59 Å². The van der Waals surface area contributed by atoms with Crippen molar-refractivity contribution >= 4 is 11.9 Å². The van der Waals surface area contributed by atoms with Crippen molar-refractivity contribution in [3.8, 4) is 0 Å². The lowest BCUT2D eigenvalue weighted by molar-refractivity contribution is -0.131. The molecule has 1 unspecified atom stereocenters. The van der Waals surface area contributed by atoms with Crippen LogP contribution in [0.25, 0.3) is 0 Å². The molecule has 1 aliphatic heterocycles. The van der Waals surface area contributed by atoms with Crippen LogP contribution in [-0.4, -0.2) is 28.9 Å². The number of carbonyl (C=O) groups excluding carboxylic acids is 2. The normalized spacial score (nSPS) is 21.7. The summed E-state index contributed by atoms with van der Waals surface area (Å²) in [5, 5.41) is 2.86. The summed E-state index contributed by atoms with van der Waals surface area (Å²) in [7, 11) is 0. The van der Waals surface area contributed by atoms with E-state index in [1.807, 2.05) is 45.9 Å². The Kier molecular flexibility index (Phi) is 4.53. The molecular formula is C18H27N3O2. The summed E-state index contributed by atoms with van der Waals surface area (Å²) in [5.74, 6) is -0.230. The molecule has 0 radical (unpaired) electrons. The highest BCUT2D eigenvalue weighted by Gasteiger charge is 2.50. The Morgan fingerprint density at radius 2 is 1.83 bits per heavy atom. The van der Waals surface area contributed by atoms with Gasteiger partial charge in [-0.25, -0.2) is 4.79 Å². The Hall–Kier alpha value is -1.88. The average Bonchev–Trinajstić information content (AvgIpc) is 2.71. The zero-order valence-corrected chi connectivity index (χ0v) is 14.7. The predicted octanol–water partition coefficient (Wildman–Crippen LogP) is 2.59. The lowest BCUT2D eigenvalue weighted by atomic mass is 9.87. The van der Waals surface area contributed by atoms with Gasteiger partial charge in [-0.1, -0.05) is 37.6 Å². The third-order valence-corrected chi connectivity index (χ3v) is 5.08. The number of nitrogens with zero attached hydrogens (tertiary/aromatic N) is 1. The maximum absolute atomic E-state index is 13.0. The molecule has 1 fully saturated rings. The quantitative estimate of drug-likeness (QED) is 0.820. The summed E-state index contributed by atoms with van der Waals surface area (Å²) in [6.45, 7) is 9.93. The van der Waals surface area contributed by atoms with Gasteiger partial charge in [-0.3, -0.25) is 9.69 Å². The van der Waals surface area contributed by atoms with Gasteiger partial charge in [0.1, 0.15) is 5.54 Å². The fourth-order valence-electron chi connectivity index (χ4n) is 3.19. The topological polar surface area (TPSA) is 75.4 Å². The number of nitrogens with one attached hydrogen (secondary N) is 1. The summed E-state index contributed by atoms with van der Waals surface area (Å²) in [6.07, 6.45) is 1.42. The Morgan fingerprint density at radius 3 is 2.35 bits per heavy atom. The maximum atomic E-state index is 13.0. The molecule has 3 amide bonds. The number of aryl methyl sites for hydroxylation is 2. The van der Waals surface area contributed by atoms with Gasteiger partial charge in [0.05, 0.1) is 0 Å². The summed E-state index contributed by atoms with van der Waals surface area (Å²) < 4.78 is 0. The highest BCUT2D eigenvalue weighted by molar-refractivity contribution is 6.07. The van der Waals surface area contributed by atoms with Crippen LogP contribution in [0.5, 0.6) is 0 Å². The molecule has 0 aromatic heterocycles. The molecule has 1 aliphatic rings. The van der Waals surface area contributed by atoms with E-state index in [1.165, 1.54) is 4.90 Å². The van der Waals surface area contributed by atoms with E-state index < -0.39 is 11.1 Å². The van der Waals surface area contributed by atoms with E-state index in [1.54, 1.807) is 6.92 Å². The first-order chi connectivity index (χ1) is 10.7. The van der Waals surface area contributed by atoms with E-state index in [-0.39, 0.29) is 18.5 Å². The number of urea groups is 1. The lowest BCUT2D eigenvalue weighted by Crippen LogP contribution is -2.51. The molecule has 126 valence electrons. The van der Waals surface area contributed by atoms with Gasteiger partial charge in [-0.15, -0.1) is 0 Å². The fraction of sp³-hybridized carbons (Fsp3) is 0.556. The second kappa shape index (κ2) is 5.96. The summed E-state index contributed by atoms with van der Waals surface area (Å²) in [6, 6.07) is 5.53. The molecule has 3 N–H and O–H groups in total. The Balaban J connectivity index is 2.37. The SMILES string of the molecule is CCC(N)(CC)CN1C(=O)NC(C)(c2ccc(C)cc2C)C1=O. The van der Waals surface area contributed by atoms with Crippen molar-refractivity contribution in [2.24, 2.45) is 5.73 Å². The van der Waals surface area contributed by atoms with Crippen LogP contribution in [-0.2, 0) is 10.3 Å². The number of hydrogen-bond acceptors (Lipinski definition) is 3. The number of hydrogen-bond donors (Lipinski definition) is 2. The van der Waals surface area contributed by atoms with Gasteiger partial charge in [0.15, 0.2) is 0 Å². The molecule has 5 heteroatoms. The van der Waals surface area contributed by atoms with Crippen LogP contribution in [0, 0.1) is 13.8 Å². The van der Waals surface area contributed by atoms with Crippen molar-refractivity contribution in [1.29, 1.82) is 0 Å². The van der Waals surface area contributed by atoms with Gasteiger partial charge in [0.2, 0.25) is 0 Å². The second-order valence-corrected chi connectivity index (χ2v) is 6.83. The number of carbonyl (C=O) groups is 2. The lowest BCUT2D eigenvalue weighted by Gasteiger charge is -2.31. The predicted molar refractivity (Wildman–Crippen MR) is 91.0 cm³/mol. The van der Waals surface area contributed by atoms with Crippen LogP contribution in [0.2, 0.25) is 0 Å². The highest BCUT2D eigenvalue weighted by Crippen LogP contribution is 2.32. The van der Waals surface area contributed by atoms with Gasteiger partial charge in [0.25, 0.3) is 5.91 Å². The second-order valence-electron chi connectivity index (χ2n) is 6.83. The van der Waals surface area contributed by atoms with Crippen LogP contribution >= 0.6 is 0 Å². The van der Waals surface area contributed by atoms with Crippen LogP contribution < -0.4 is 11.1 Å². The van der Waals surface area contributed by atoms with Crippen LogP contribution in [0.3, 0.4) is 0 Å². The van der Waals surface area contributed by atoms with E-state index in [2.05, 4.69) is 5.32 Å². The number of amides is 3.